The molecule has 1 unspecified atom stereocenters. The zero-order valence-electron chi connectivity index (χ0n) is 12.5. The Kier molecular flexibility index (Phi) is 6.96. The van der Waals surface area contributed by atoms with Gasteiger partial charge in [-0.25, -0.2) is 0 Å². The summed E-state index contributed by atoms with van der Waals surface area (Å²) in [4.78, 5) is 13.5. The van der Waals surface area contributed by atoms with Crippen LogP contribution in [0.15, 0.2) is 4.42 Å². The van der Waals surface area contributed by atoms with Crippen LogP contribution >= 0.6 is 0 Å². The van der Waals surface area contributed by atoms with E-state index in [2.05, 4.69) is 20.8 Å². The molecule has 0 aliphatic carbocycles. The number of hydrogen-bond acceptors (Lipinski definition) is 7. The van der Waals surface area contributed by atoms with Gasteiger partial charge in [0.15, 0.2) is 0 Å². The molecule has 0 spiro atoms. The predicted octanol–water partition coefficient (Wildman–Crippen LogP) is 0.0843. The van der Waals surface area contributed by atoms with Crippen molar-refractivity contribution in [3.63, 3.8) is 0 Å². The summed E-state index contributed by atoms with van der Waals surface area (Å²) in [7, 11) is 3.39. The lowest BCUT2D eigenvalue weighted by Crippen LogP contribution is -2.38. The smallest absolute Gasteiger partial charge is 0.316 e. The summed E-state index contributed by atoms with van der Waals surface area (Å²) in [6.45, 7) is 6.13. The molecule has 2 N–H and O–H groups in total. The lowest BCUT2D eigenvalue weighted by molar-refractivity contribution is -0.130. The first kappa shape index (κ1) is 16.4. The van der Waals surface area contributed by atoms with Crippen molar-refractivity contribution in [1.82, 2.24) is 20.4 Å². The van der Waals surface area contributed by atoms with Gasteiger partial charge in [-0.15, -0.1) is 5.10 Å². The van der Waals surface area contributed by atoms with Gasteiger partial charge in [-0.3, -0.25) is 4.79 Å². The molecule has 20 heavy (non-hydrogen) atoms. The molecule has 0 bridgehead atoms. The van der Waals surface area contributed by atoms with Crippen LogP contribution in [0.5, 0.6) is 0 Å². The standard InChI is InChI=1S/C12H23N5O3/c1-5-17(3)11(18)9(2)14-12-16-15-10(20-12)8-13-6-7-19-4/h9,13H,5-8H2,1-4H3,(H,14,16). The van der Waals surface area contributed by atoms with Crippen molar-refractivity contribution in [3.05, 3.63) is 5.89 Å². The molecular weight excluding hydrogens is 262 g/mol. The number of ether oxygens (including phenoxy) is 1. The fraction of sp³-hybridized carbons (Fsp3) is 0.750. The third kappa shape index (κ3) is 5.14. The summed E-state index contributed by atoms with van der Waals surface area (Å²) in [5.41, 5.74) is 0. The quantitative estimate of drug-likeness (QED) is 0.621. The van der Waals surface area contributed by atoms with Crippen molar-refractivity contribution in [2.24, 2.45) is 0 Å². The van der Waals surface area contributed by atoms with Gasteiger partial charge in [-0.05, 0) is 13.8 Å². The average Bonchev–Trinajstić information content (AvgIpc) is 2.89. The highest BCUT2D eigenvalue weighted by atomic mass is 16.5. The van der Waals surface area contributed by atoms with E-state index in [4.69, 9.17) is 9.15 Å². The van der Waals surface area contributed by atoms with Crippen molar-refractivity contribution in [2.45, 2.75) is 26.4 Å². The monoisotopic (exact) mass is 285 g/mol. The summed E-state index contributed by atoms with van der Waals surface area (Å²) >= 11 is 0. The molecule has 8 heteroatoms. The number of carbonyl (C=O) groups is 1. The van der Waals surface area contributed by atoms with Crippen LogP contribution < -0.4 is 10.6 Å². The van der Waals surface area contributed by atoms with Crippen molar-refractivity contribution < 1.29 is 13.9 Å². The zero-order chi connectivity index (χ0) is 15.0. The molecule has 0 saturated carbocycles. The summed E-state index contributed by atoms with van der Waals surface area (Å²) in [5.74, 6) is 0.442. The fourth-order valence-corrected chi connectivity index (χ4v) is 1.49. The largest absolute Gasteiger partial charge is 0.407 e. The maximum absolute atomic E-state index is 11.9. The number of amides is 1. The number of rotatable bonds is 9. The van der Waals surface area contributed by atoms with E-state index in [1.54, 1.807) is 26.0 Å². The highest BCUT2D eigenvalue weighted by molar-refractivity contribution is 5.83. The Hall–Kier alpha value is -1.67. The van der Waals surface area contributed by atoms with Crippen LogP contribution in [0.25, 0.3) is 0 Å². The third-order valence-electron chi connectivity index (χ3n) is 2.79. The average molecular weight is 285 g/mol. The molecule has 0 aromatic carbocycles. The molecule has 1 aromatic heterocycles. The normalized spacial score (nSPS) is 12.2. The van der Waals surface area contributed by atoms with Gasteiger partial charge in [0.05, 0.1) is 13.2 Å². The Morgan fingerprint density at radius 1 is 1.50 bits per heavy atom. The Labute approximate surface area is 118 Å². The van der Waals surface area contributed by atoms with Crippen LogP contribution in [0.2, 0.25) is 0 Å². The van der Waals surface area contributed by atoms with Crippen LogP contribution in [-0.4, -0.2) is 60.9 Å². The Morgan fingerprint density at radius 2 is 2.25 bits per heavy atom. The summed E-state index contributed by atoms with van der Waals surface area (Å²) in [6, 6.07) is -0.159. The molecular formula is C12H23N5O3. The molecule has 8 nitrogen and oxygen atoms in total. The molecule has 0 aliphatic heterocycles. The second kappa shape index (κ2) is 8.49. The second-order valence-electron chi connectivity index (χ2n) is 4.39. The number of nitrogens with zero attached hydrogens (tertiary/aromatic N) is 3. The second-order valence-corrected chi connectivity index (χ2v) is 4.39. The van der Waals surface area contributed by atoms with Gasteiger partial charge in [0.2, 0.25) is 11.8 Å². The van der Waals surface area contributed by atoms with E-state index in [0.29, 0.717) is 32.1 Å². The molecule has 0 radical (unpaired) electrons. The first-order valence-corrected chi connectivity index (χ1v) is 6.62. The maximum Gasteiger partial charge on any atom is 0.316 e. The molecule has 0 fully saturated rings. The van der Waals surface area contributed by atoms with Gasteiger partial charge in [-0.1, -0.05) is 5.10 Å². The summed E-state index contributed by atoms with van der Waals surface area (Å²) in [5, 5.41) is 13.7. The minimum Gasteiger partial charge on any atom is -0.407 e. The summed E-state index contributed by atoms with van der Waals surface area (Å²) < 4.78 is 10.3. The van der Waals surface area contributed by atoms with Crippen molar-refractivity contribution in [3.8, 4) is 0 Å². The minimum absolute atomic E-state index is 0.0227. The van der Waals surface area contributed by atoms with Gasteiger partial charge >= 0.3 is 6.01 Å². The summed E-state index contributed by atoms with van der Waals surface area (Å²) in [6.07, 6.45) is 0. The minimum atomic E-state index is -0.408. The van der Waals surface area contributed by atoms with Gasteiger partial charge < -0.3 is 24.7 Å². The zero-order valence-corrected chi connectivity index (χ0v) is 12.5. The van der Waals surface area contributed by atoms with E-state index >= 15 is 0 Å². The highest BCUT2D eigenvalue weighted by Gasteiger charge is 2.18. The molecule has 0 aliphatic rings. The highest BCUT2D eigenvalue weighted by Crippen LogP contribution is 2.07. The lowest BCUT2D eigenvalue weighted by Gasteiger charge is -2.19. The molecule has 1 atom stereocenters. The van der Waals surface area contributed by atoms with Crippen LogP contribution in [0, 0.1) is 0 Å². The molecule has 1 amide bonds. The number of anilines is 1. The van der Waals surface area contributed by atoms with E-state index in [9.17, 15) is 4.79 Å². The first-order chi connectivity index (χ1) is 9.58. The number of hydrogen-bond donors (Lipinski definition) is 2. The number of methoxy groups -OCH3 is 1. The van der Waals surface area contributed by atoms with Crippen molar-refractivity contribution in [2.75, 3.05) is 39.2 Å². The molecule has 1 heterocycles. The lowest BCUT2D eigenvalue weighted by atomic mass is 10.3. The molecule has 0 saturated heterocycles. The van der Waals surface area contributed by atoms with Crippen molar-refractivity contribution in [1.29, 1.82) is 0 Å². The maximum atomic E-state index is 11.9. The SMILES string of the molecule is CCN(C)C(=O)C(C)Nc1nnc(CNCCOC)o1. The molecule has 1 rings (SSSR count). The molecule has 114 valence electrons. The van der Waals surface area contributed by atoms with Gasteiger partial charge in [-0.2, -0.15) is 0 Å². The predicted molar refractivity (Wildman–Crippen MR) is 74.3 cm³/mol. The van der Waals surface area contributed by atoms with E-state index < -0.39 is 6.04 Å². The Bertz CT molecular complexity index is 410. The van der Waals surface area contributed by atoms with Gasteiger partial charge in [0, 0.05) is 27.2 Å². The number of nitrogens with one attached hydrogen (secondary N) is 2. The van der Waals surface area contributed by atoms with Crippen LogP contribution in [0.3, 0.4) is 0 Å². The number of likely N-dealkylation sites (N-methyl/N-ethyl adjacent to an activating group) is 1. The third-order valence-corrected chi connectivity index (χ3v) is 2.79. The van der Waals surface area contributed by atoms with E-state index in [1.165, 1.54) is 0 Å². The molecule has 1 aromatic rings. The van der Waals surface area contributed by atoms with E-state index in [0.717, 1.165) is 0 Å². The Morgan fingerprint density at radius 3 is 2.90 bits per heavy atom. The number of carbonyl (C=O) groups excluding carboxylic acids is 1. The van der Waals surface area contributed by atoms with Gasteiger partial charge in [0.1, 0.15) is 6.04 Å². The van der Waals surface area contributed by atoms with Crippen LogP contribution in [0.4, 0.5) is 6.01 Å². The van der Waals surface area contributed by atoms with Crippen LogP contribution in [-0.2, 0) is 16.1 Å². The van der Waals surface area contributed by atoms with Crippen molar-refractivity contribution >= 4 is 11.9 Å². The van der Waals surface area contributed by atoms with Crippen LogP contribution in [0.1, 0.15) is 19.7 Å². The number of aromatic nitrogens is 2. The van der Waals surface area contributed by atoms with Gasteiger partial charge in [0.25, 0.3) is 0 Å². The Balaban J connectivity index is 2.41. The van der Waals surface area contributed by atoms with E-state index in [-0.39, 0.29) is 11.9 Å². The first-order valence-electron chi connectivity index (χ1n) is 6.62. The van der Waals surface area contributed by atoms with E-state index in [1.807, 2.05) is 6.92 Å². The topological polar surface area (TPSA) is 92.5 Å². The fourth-order valence-electron chi connectivity index (χ4n) is 1.49.